The van der Waals surface area contributed by atoms with Gasteiger partial charge >= 0.3 is 0 Å². The molecule has 0 radical (unpaired) electrons. The molecule has 4 nitrogen and oxygen atoms in total. The number of amides is 1. The molecule has 0 aliphatic heterocycles. The van der Waals surface area contributed by atoms with Crippen LogP contribution in [0.5, 0.6) is 5.75 Å². The minimum absolute atomic E-state index is 0.0334. The van der Waals surface area contributed by atoms with Crippen molar-refractivity contribution in [2.75, 3.05) is 14.2 Å². The predicted octanol–water partition coefficient (Wildman–Crippen LogP) is 2.35. The first-order chi connectivity index (χ1) is 9.52. The van der Waals surface area contributed by atoms with E-state index in [4.69, 9.17) is 10.5 Å². The normalized spacial score (nSPS) is 22.4. The number of carbonyl (C=O) groups is 1. The molecule has 0 atom stereocenters. The Morgan fingerprint density at radius 2 is 1.95 bits per heavy atom. The number of hydrogen-bond donors (Lipinski definition) is 1. The van der Waals surface area contributed by atoms with Gasteiger partial charge in [0.2, 0.25) is 0 Å². The molecule has 1 aliphatic rings. The highest BCUT2D eigenvalue weighted by Gasteiger charge is 2.27. The number of rotatable bonds is 3. The molecular formula is C16H24N2O2. The number of methoxy groups -OCH3 is 1. The summed E-state index contributed by atoms with van der Waals surface area (Å²) in [6.45, 7) is 1.98. The molecule has 0 spiro atoms. The first-order valence-electron chi connectivity index (χ1n) is 7.20. The zero-order valence-electron chi connectivity index (χ0n) is 12.6. The van der Waals surface area contributed by atoms with E-state index >= 15 is 0 Å². The van der Waals surface area contributed by atoms with Gasteiger partial charge in [0.15, 0.2) is 0 Å². The van der Waals surface area contributed by atoms with Crippen LogP contribution in [-0.4, -0.2) is 37.0 Å². The van der Waals surface area contributed by atoms with E-state index in [2.05, 4.69) is 0 Å². The maximum Gasteiger partial charge on any atom is 0.257 e. The van der Waals surface area contributed by atoms with Crippen molar-refractivity contribution in [2.24, 2.45) is 5.73 Å². The Hall–Kier alpha value is -1.55. The third kappa shape index (κ3) is 3.12. The van der Waals surface area contributed by atoms with E-state index < -0.39 is 0 Å². The van der Waals surface area contributed by atoms with Crippen LogP contribution in [-0.2, 0) is 0 Å². The Balaban J connectivity index is 2.16. The number of benzene rings is 1. The lowest BCUT2D eigenvalue weighted by molar-refractivity contribution is 0.0686. The molecule has 1 aliphatic carbocycles. The lowest BCUT2D eigenvalue weighted by Gasteiger charge is -2.33. The van der Waals surface area contributed by atoms with Gasteiger partial charge in [0, 0.05) is 19.1 Å². The van der Waals surface area contributed by atoms with Crippen molar-refractivity contribution >= 4 is 5.91 Å². The summed E-state index contributed by atoms with van der Waals surface area (Å²) in [6, 6.07) is 6.28. The first kappa shape index (κ1) is 14.9. The summed E-state index contributed by atoms with van der Waals surface area (Å²) in [6.07, 6.45) is 3.95. The van der Waals surface area contributed by atoms with Crippen molar-refractivity contribution < 1.29 is 9.53 Å². The van der Waals surface area contributed by atoms with Crippen LogP contribution in [0.1, 0.15) is 41.6 Å². The van der Waals surface area contributed by atoms with E-state index in [1.807, 2.05) is 37.1 Å². The number of aryl methyl sites for hydroxylation is 1. The highest BCUT2D eigenvalue weighted by molar-refractivity contribution is 5.97. The largest absolute Gasteiger partial charge is 0.496 e. The average Bonchev–Trinajstić information content (AvgIpc) is 2.46. The standard InChI is InChI=1S/C16H24N2O2/c1-11-4-9-15(20-3)14(10-11)16(19)18(2)13-7-5-12(17)6-8-13/h4,9-10,12-13H,5-8,17H2,1-3H3. The Morgan fingerprint density at radius 3 is 2.55 bits per heavy atom. The smallest absolute Gasteiger partial charge is 0.257 e. The van der Waals surface area contributed by atoms with Crippen LogP contribution in [0, 0.1) is 6.92 Å². The van der Waals surface area contributed by atoms with E-state index in [0.29, 0.717) is 17.4 Å². The van der Waals surface area contributed by atoms with Crippen molar-refractivity contribution in [2.45, 2.75) is 44.7 Å². The first-order valence-corrected chi connectivity index (χ1v) is 7.20. The molecule has 0 aromatic heterocycles. The van der Waals surface area contributed by atoms with Crippen LogP contribution in [0.3, 0.4) is 0 Å². The van der Waals surface area contributed by atoms with Gasteiger partial charge in [0.1, 0.15) is 5.75 Å². The molecule has 0 saturated heterocycles. The van der Waals surface area contributed by atoms with Crippen molar-refractivity contribution in [3.05, 3.63) is 29.3 Å². The van der Waals surface area contributed by atoms with E-state index in [1.165, 1.54) is 0 Å². The monoisotopic (exact) mass is 276 g/mol. The van der Waals surface area contributed by atoms with Crippen molar-refractivity contribution in [1.29, 1.82) is 0 Å². The number of nitrogens with zero attached hydrogens (tertiary/aromatic N) is 1. The second-order valence-corrected chi connectivity index (χ2v) is 5.69. The summed E-state index contributed by atoms with van der Waals surface area (Å²) in [5, 5.41) is 0. The number of ether oxygens (including phenoxy) is 1. The molecule has 4 heteroatoms. The second-order valence-electron chi connectivity index (χ2n) is 5.69. The van der Waals surface area contributed by atoms with Gasteiger partial charge in [-0.05, 0) is 44.7 Å². The van der Waals surface area contributed by atoms with Crippen molar-refractivity contribution in [1.82, 2.24) is 4.90 Å². The average molecular weight is 276 g/mol. The fourth-order valence-corrected chi connectivity index (χ4v) is 2.83. The fraction of sp³-hybridized carbons (Fsp3) is 0.562. The van der Waals surface area contributed by atoms with Gasteiger partial charge in [-0.3, -0.25) is 4.79 Å². The Morgan fingerprint density at radius 1 is 1.30 bits per heavy atom. The summed E-state index contributed by atoms with van der Waals surface area (Å²) in [5.41, 5.74) is 7.63. The summed E-state index contributed by atoms with van der Waals surface area (Å²) >= 11 is 0. The molecule has 0 unspecified atom stereocenters. The maximum absolute atomic E-state index is 12.7. The van der Waals surface area contributed by atoms with Gasteiger partial charge < -0.3 is 15.4 Å². The maximum atomic E-state index is 12.7. The number of carbonyl (C=O) groups excluding carboxylic acids is 1. The molecule has 0 heterocycles. The molecule has 2 N–H and O–H groups in total. The summed E-state index contributed by atoms with van der Waals surface area (Å²) in [5.74, 6) is 0.672. The molecule has 1 amide bonds. The van der Waals surface area contributed by atoms with E-state index in [9.17, 15) is 4.79 Å². The van der Waals surface area contributed by atoms with Crippen LogP contribution in [0.25, 0.3) is 0 Å². The van der Waals surface area contributed by atoms with Crippen LogP contribution in [0.15, 0.2) is 18.2 Å². The predicted molar refractivity (Wildman–Crippen MR) is 80.1 cm³/mol. The molecule has 1 aromatic carbocycles. The van der Waals surface area contributed by atoms with E-state index in [0.717, 1.165) is 31.2 Å². The van der Waals surface area contributed by atoms with Crippen molar-refractivity contribution in [3.63, 3.8) is 0 Å². The Bertz CT molecular complexity index is 479. The zero-order valence-corrected chi connectivity index (χ0v) is 12.6. The molecule has 1 aromatic rings. The van der Waals surface area contributed by atoms with Gasteiger partial charge in [-0.15, -0.1) is 0 Å². The molecule has 1 saturated carbocycles. The highest BCUT2D eigenvalue weighted by atomic mass is 16.5. The highest BCUT2D eigenvalue weighted by Crippen LogP contribution is 2.26. The lowest BCUT2D eigenvalue weighted by Crippen LogP contribution is -2.42. The lowest BCUT2D eigenvalue weighted by atomic mass is 9.90. The van der Waals surface area contributed by atoms with E-state index in [-0.39, 0.29) is 11.9 Å². The molecular weight excluding hydrogens is 252 g/mol. The van der Waals surface area contributed by atoms with Gasteiger partial charge in [-0.1, -0.05) is 11.6 Å². The summed E-state index contributed by atoms with van der Waals surface area (Å²) < 4.78 is 5.31. The van der Waals surface area contributed by atoms with Gasteiger partial charge in [0.05, 0.1) is 12.7 Å². The third-order valence-corrected chi connectivity index (χ3v) is 4.19. The van der Waals surface area contributed by atoms with E-state index in [1.54, 1.807) is 7.11 Å². The van der Waals surface area contributed by atoms with Crippen LogP contribution in [0.2, 0.25) is 0 Å². The zero-order chi connectivity index (χ0) is 14.7. The fourth-order valence-electron chi connectivity index (χ4n) is 2.83. The summed E-state index contributed by atoms with van der Waals surface area (Å²) in [7, 11) is 3.48. The molecule has 110 valence electrons. The minimum Gasteiger partial charge on any atom is -0.496 e. The number of hydrogen-bond acceptors (Lipinski definition) is 3. The Kier molecular flexibility index (Phi) is 4.65. The quantitative estimate of drug-likeness (QED) is 0.922. The molecule has 2 rings (SSSR count). The molecule has 1 fully saturated rings. The molecule has 0 bridgehead atoms. The SMILES string of the molecule is COc1ccc(C)cc1C(=O)N(C)C1CCC(N)CC1. The Labute approximate surface area is 120 Å². The van der Waals surface area contributed by atoms with Gasteiger partial charge in [0.25, 0.3) is 5.91 Å². The van der Waals surface area contributed by atoms with Crippen LogP contribution in [0.4, 0.5) is 0 Å². The van der Waals surface area contributed by atoms with Crippen LogP contribution >= 0.6 is 0 Å². The topological polar surface area (TPSA) is 55.6 Å². The van der Waals surface area contributed by atoms with Crippen molar-refractivity contribution in [3.8, 4) is 5.75 Å². The molecule has 20 heavy (non-hydrogen) atoms. The van der Waals surface area contributed by atoms with Gasteiger partial charge in [-0.2, -0.15) is 0 Å². The van der Waals surface area contributed by atoms with Gasteiger partial charge in [-0.25, -0.2) is 0 Å². The van der Waals surface area contributed by atoms with Crippen LogP contribution < -0.4 is 10.5 Å². The number of nitrogens with two attached hydrogens (primary N) is 1. The second kappa shape index (κ2) is 6.27. The summed E-state index contributed by atoms with van der Waals surface area (Å²) in [4.78, 5) is 14.5. The minimum atomic E-state index is 0.0334. The third-order valence-electron chi connectivity index (χ3n) is 4.19.